The zero-order valence-electron chi connectivity index (χ0n) is 20.8. The van der Waals surface area contributed by atoms with Crippen molar-refractivity contribution in [1.82, 2.24) is 14.8 Å². The highest BCUT2D eigenvalue weighted by Gasteiger charge is 2.56. The Morgan fingerprint density at radius 2 is 1.97 bits per heavy atom. The van der Waals surface area contributed by atoms with Gasteiger partial charge in [0.1, 0.15) is 17.6 Å². The second kappa shape index (κ2) is 10.4. The highest BCUT2D eigenvalue weighted by Crippen LogP contribution is 2.48. The highest BCUT2D eigenvalue weighted by molar-refractivity contribution is 6.30. The number of rotatable bonds is 7. The number of aromatic nitrogens is 1. The van der Waals surface area contributed by atoms with Gasteiger partial charge in [-0.1, -0.05) is 23.7 Å². The molecule has 2 fully saturated rings. The maximum atomic E-state index is 14.2. The Balaban J connectivity index is 1.32. The fraction of sp³-hybridized carbons (Fsp3) is 0.308. The van der Waals surface area contributed by atoms with Gasteiger partial charge in [0.2, 0.25) is 5.91 Å². The first-order valence-electron chi connectivity index (χ1n) is 12.1. The molecule has 2 heterocycles. The van der Waals surface area contributed by atoms with Crippen LogP contribution in [0.3, 0.4) is 0 Å². The molecule has 39 heavy (non-hydrogen) atoms. The maximum absolute atomic E-state index is 14.2. The van der Waals surface area contributed by atoms with Gasteiger partial charge in [-0.25, -0.2) is 18.8 Å². The van der Waals surface area contributed by atoms with E-state index in [2.05, 4.69) is 15.4 Å². The normalized spacial score (nSPS) is 19.4. The lowest BCUT2D eigenvalue weighted by Gasteiger charge is -2.27. The summed E-state index contributed by atoms with van der Waals surface area (Å²) in [7, 11) is 1.24. The smallest absolute Gasteiger partial charge is 0.343 e. The van der Waals surface area contributed by atoms with Crippen LogP contribution in [0.5, 0.6) is 5.75 Å². The van der Waals surface area contributed by atoms with Crippen LogP contribution in [-0.2, 0) is 20.9 Å². The Morgan fingerprint density at radius 1 is 1.18 bits per heavy atom. The van der Waals surface area contributed by atoms with E-state index in [0.29, 0.717) is 28.8 Å². The number of esters is 1. The van der Waals surface area contributed by atoms with E-state index in [4.69, 9.17) is 22.1 Å². The molecule has 204 valence electrons. The van der Waals surface area contributed by atoms with Crippen molar-refractivity contribution in [3.63, 3.8) is 0 Å². The second-order valence-electron chi connectivity index (χ2n) is 9.38. The quantitative estimate of drug-likeness (QED) is 0.380. The third-order valence-corrected chi connectivity index (χ3v) is 7.26. The number of nitrogens with two attached hydrogens (primary N) is 1. The molecule has 3 aromatic rings. The molecule has 2 aliphatic rings. The molecule has 11 nitrogen and oxygen atoms in total. The van der Waals surface area contributed by atoms with E-state index in [0.717, 1.165) is 11.0 Å². The summed E-state index contributed by atoms with van der Waals surface area (Å²) in [6.45, 7) is -0.396. The monoisotopic (exact) mass is 557 g/mol. The molecular weight excluding hydrogens is 533 g/mol. The summed E-state index contributed by atoms with van der Waals surface area (Å²) in [4.78, 5) is 51.4. The number of carbonyl (C=O) groups excluding carboxylic acids is 4. The van der Waals surface area contributed by atoms with Gasteiger partial charge >= 0.3 is 18.0 Å². The standard InChI is InChI=1S/C26H25ClFN5O6/c1-38-22(34)12-39-15-5-6-16-18(11-32(25(29)36)20(16)9-15)31-26(37)33-19-7-14(19)8-21(33)24(35)30-10-13-3-2-4-17(27)23(13)28/h2-6,9,11,14,19,21H,7-8,10,12H2,1H3,(H2,29,36)(H,30,35)(H,31,37)/t14?,19-,21+/m1/s1. The number of anilines is 1. The van der Waals surface area contributed by atoms with Crippen LogP contribution in [-0.4, -0.2) is 59.2 Å². The van der Waals surface area contributed by atoms with Gasteiger partial charge in [0, 0.05) is 35.8 Å². The fourth-order valence-corrected chi connectivity index (χ4v) is 5.12. The molecule has 5 rings (SSSR count). The first-order valence-corrected chi connectivity index (χ1v) is 12.5. The first-order chi connectivity index (χ1) is 18.7. The average Bonchev–Trinajstić information content (AvgIpc) is 3.43. The topological polar surface area (TPSA) is 145 Å². The fourth-order valence-electron chi connectivity index (χ4n) is 4.93. The minimum atomic E-state index is -0.792. The number of nitrogens with zero attached hydrogens (tertiary/aromatic N) is 2. The SMILES string of the molecule is COC(=O)COc1ccc2c(NC(=O)N3[C@@H]4CC4C[C@H]3C(=O)NCc3cccc(Cl)c3F)cn(C(N)=O)c2c1. The number of methoxy groups -OCH3 is 1. The van der Waals surface area contributed by atoms with Crippen molar-refractivity contribution in [1.29, 1.82) is 0 Å². The van der Waals surface area contributed by atoms with Gasteiger partial charge in [-0.05, 0) is 37.0 Å². The van der Waals surface area contributed by atoms with Crippen LogP contribution in [0.4, 0.5) is 19.7 Å². The van der Waals surface area contributed by atoms with Gasteiger partial charge in [0.25, 0.3) is 0 Å². The lowest BCUT2D eigenvalue weighted by atomic mass is 10.1. The van der Waals surface area contributed by atoms with Crippen molar-refractivity contribution >= 4 is 52.1 Å². The summed E-state index contributed by atoms with van der Waals surface area (Å²) in [6.07, 6.45) is 2.66. The van der Waals surface area contributed by atoms with Crippen molar-refractivity contribution in [3.05, 3.63) is 59.0 Å². The van der Waals surface area contributed by atoms with E-state index in [-0.39, 0.29) is 35.7 Å². The number of hydrogen-bond acceptors (Lipinski definition) is 6. The van der Waals surface area contributed by atoms with Gasteiger partial charge in [0.15, 0.2) is 6.61 Å². The molecule has 1 aliphatic heterocycles. The molecule has 3 atom stereocenters. The Bertz CT molecular complexity index is 1490. The Kier molecular flexibility index (Phi) is 7.04. The summed E-state index contributed by atoms with van der Waals surface area (Å²) in [5, 5.41) is 5.96. The summed E-state index contributed by atoms with van der Waals surface area (Å²) < 4.78 is 25.3. The van der Waals surface area contributed by atoms with E-state index in [1.54, 1.807) is 18.2 Å². The number of piperidine rings is 1. The number of benzene rings is 2. The third kappa shape index (κ3) is 5.19. The summed E-state index contributed by atoms with van der Waals surface area (Å²) >= 11 is 5.82. The van der Waals surface area contributed by atoms with Crippen molar-refractivity contribution < 1.29 is 33.0 Å². The number of primary amides is 1. The second-order valence-corrected chi connectivity index (χ2v) is 9.78. The van der Waals surface area contributed by atoms with Gasteiger partial charge in [-0.15, -0.1) is 0 Å². The summed E-state index contributed by atoms with van der Waals surface area (Å²) in [5.74, 6) is -1.08. The molecule has 4 N–H and O–H groups in total. The van der Waals surface area contributed by atoms with E-state index in [9.17, 15) is 23.6 Å². The summed E-state index contributed by atoms with van der Waals surface area (Å²) in [5.41, 5.74) is 6.42. The number of halogens is 2. The molecule has 1 aliphatic carbocycles. The zero-order valence-corrected chi connectivity index (χ0v) is 21.5. The first kappa shape index (κ1) is 26.3. The minimum Gasteiger partial charge on any atom is -0.482 e. The average molecular weight is 558 g/mol. The molecule has 1 aromatic heterocycles. The van der Waals surface area contributed by atoms with E-state index < -0.39 is 35.8 Å². The molecule has 13 heteroatoms. The lowest BCUT2D eigenvalue weighted by Crippen LogP contribution is -2.49. The number of nitrogens with one attached hydrogen (secondary N) is 2. The molecule has 0 bridgehead atoms. The van der Waals surface area contributed by atoms with Gasteiger partial charge in [-0.2, -0.15) is 0 Å². The predicted octanol–water partition coefficient (Wildman–Crippen LogP) is 3.22. The molecule has 1 saturated heterocycles. The van der Waals surface area contributed by atoms with Gasteiger partial charge in [0.05, 0.1) is 23.3 Å². The van der Waals surface area contributed by atoms with Crippen molar-refractivity contribution in [2.24, 2.45) is 11.7 Å². The number of ether oxygens (including phenoxy) is 2. The molecule has 1 unspecified atom stereocenters. The van der Waals surface area contributed by atoms with Crippen LogP contribution in [0.1, 0.15) is 18.4 Å². The van der Waals surface area contributed by atoms with Crippen LogP contribution in [0, 0.1) is 11.7 Å². The van der Waals surface area contributed by atoms with E-state index in [1.165, 1.54) is 36.4 Å². The predicted molar refractivity (Wildman–Crippen MR) is 139 cm³/mol. The number of likely N-dealkylation sites (tertiary alicyclic amines) is 1. The number of fused-ring (bicyclic) bond motifs is 2. The Hall–Kier alpha value is -4.32. The van der Waals surface area contributed by atoms with Crippen LogP contribution < -0.4 is 21.1 Å². The van der Waals surface area contributed by atoms with Gasteiger partial charge in [-0.3, -0.25) is 9.36 Å². The van der Waals surface area contributed by atoms with Crippen LogP contribution in [0.25, 0.3) is 10.9 Å². The third-order valence-electron chi connectivity index (χ3n) is 6.97. The number of hydrogen-bond donors (Lipinski definition) is 3. The van der Waals surface area contributed by atoms with Crippen LogP contribution in [0.15, 0.2) is 42.6 Å². The molecule has 0 spiro atoms. The molecule has 0 radical (unpaired) electrons. The minimum absolute atomic E-state index is 0.0397. The Labute approximate surface area is 226 Å². The molecular formula is C26H25ClFN5O6. The van der Waals surface area contributed by atoms with Crippen molar-refractivity contribution in [2.75, 3.05) is 19.0 Å². The van der Waals surface area contributed by atoms with Crippen molar-refractivity contribution in [3.8, 4) is 5.75 Å². The van der Waals surface area contributed by atoms with Crippen molar-refractivity contribution in [2.45, 2.75) is 31.5 Å². The number of amides is 4. The van der Waals surface area contributed by atoms with Gasteiger partial charge < -0.3 is 30.7 Å². The number of urea groups is 1. The van der Waals surface area contributed by atoms with Crippen LogP contribution >= 0.6 is 11.6 Å². The van der Waals surface area contributed by atoms with E-state index >= 15 is 0 Å². The lowest BCUT2D eigenvalue weighted by molar-refractivity contribution is -0.142. The number of carbonyl (C=O) groups is 4. The molecule has 4 amide bonds. The van der Waals surface area contributed by atoms with E-state index in [1.807, 2.05) is 0 Å². The zero-order chi connectivity index (χ0) is 27.8. The van der Waals surface area contributed by atoms with Crippen LogP contribution in [0.2, 0.25) is 5.02 Å². The largest absolute Gasteiger partial charge is 0.482 e. The Morgan fingerprint density at radius 3 is 2.72 bits per heavy atom. The summed E-state index contributed by atoms with van der Waals surface area (Å²) in [6, 6.07) is 7.11. The molecule has 2 aromatic carbocycles. The highest BCUT2D eigenvalue weighted by atomic mass is 35.5. The maximum Gasteiger partial charge on any atom is 0.343 e. The molecule has 1 saturated carbocycles.